The Morgan fingerprint density at radius 1 is 0.833 bits per heavy atom. The van der Waals surface area contributed by atoms with E-state index in [1.165, 1.54) is 0 Å². The number of rotatable bonds is 3. The van der Waals surface area contributed by atoms with E-state index in [4.69, 9.17) is 11.6 Å². The van der Waals surface area contributed by atoms with Gasteiger partial charge in [-0.1, -0.05) is 54.1 Å². The van der Waals surface area contributed by atoms with Crippen molar-refractivity contribution in [1.29, 1.82) is 0 Å². The third-order valence-electron chi connectivity index (χ3n) is 3.65. The van der Waals surface area contributed by atoms with Gasteiger partial charge in [-0.3, -0.25) is 20.4 Å². The molecule has 0 heterocycles. The first-order chi connectivity index (χ1) is 11.6. The van der Waals surface area contributed by atoms with E-state index in [1.807, 2.05) is 42.5 Å². The molecule has 0 aliphatic rings. The van der Waals surface area contributed by atoms with Gasteiger partial charge < -0.3 is 0 Å². The molecular weight excluding hydrogens is 324 g/mol. The summed E-state index contributed by atoms with van der Waals surface area (Å²) in [7, 11) is 0. The van der Waals surface area contributed by atoms with Crippen molar-refractivity contribution in [3.05, 3.63) is 82.9 Å². The summed E-state index contributed by atoms with van der Waals surface area (Å²) in [6.45, 7) is 0. The lowest BCUT2D eigenvalue weighted by Crippen LogP contribution is -2.42. The molecule has 2 N–H and O–H groups in total. The Bertz CT molecular complexity index is 886. The van der Waals surface area contributed by atoms with Crippen LogP contribution in [0.4, 0.5) is 0 Å². The Kier molecular flexibility index (Phi) is 4.77. The second kappa shape index (κ2) is 7.15. The Hall–Kier alpha value is -2.85. The molecule has 0 spiro atoms. The number of benzene rings is 3. The van der Waals surface area contributed by atoms with Gasteiger partial charge in [-0.25, -0.2) is 0 Å². The number of halogens is 1. The standard InChI is InChI=1S/C19H15ClN2O2/c20-16-10-8-14(9-11-16)19(24)22-21-18(23)12-15-6-3-5-13-4-1-2-7-17(13)15/h1-11H,12H2,(H,21,23)(H,22,24). The number of carbonyl (C=O) groups is 2. The van der Waals surface area contributed by atoms with Crippen LogP contribution in [-0.4, -0.2) is 11.8 Å². The van der Waals surface area contributed by atoms with Gasteiger partial charge in [-0.05, 0) is 40.6 Å². The van der Waals surface area contributed by atoms with Gasteiger partial charge in [0.25, 0.3) is 5.91 Å². The zero-order valence-corrected chi connectivity index (χ0v) is 13.5. The van der Waals surface area contributed by atoms with Gasteiger partial charge in [0.1, 0.15) is 0 Å². The number of hydrazine groups is 1. The topological polar surface area (TPSA) is 58.2 Å². The van der Waals surface area contributed by atoms with E-state index in [-0.39, 0.29) is 12.3 Å². The van der Waals surface area contributed by atoms with Crippen molar-refractivity contribution < 1.29 is 9.59 Å². The largest absolute Gasteiger partial charge is 0.273 e. The average Bonchev–Trinajstić information content (AvgIpc) is 2.61. The molecule has 4 nitrogen and oxygen atoms in total. The molecule has 5 heteroatoms. The van der Waals surface area contributed by atoms with Crippen molar-refractivity contribution in [3.63, 3.8) is 0 Å². The summed E-state index contributed by atoms with van der Waals surface area (Å²) in [4.78, 5) is 24.1. The number of fused-ring (bicyclic) bond motifs is 1. The summed E-state index contributed by atoms with van der Waals surface area (Å²) in [5.41, 5.74) is 6.17. The summed E-state index contributed by atoms with van der Waals surface area (Å²) in [6, 6.07) is 20.1. The van der Waals surface area contributed by atoms with Gasteiger partial charge in [0.2, 0.25) is 5.91 Å². The number of hydrogen-bond donors (Lipinski definition) is 2. The zero-order chi connectivity index (χ0) is 16.9. The maximum absolute atomic E-state index is 12.1. The van der Waals surface area contributed by atoms with Crippen LogP contribution in [0.5, 0.6) is 0 Å². The Labute approximate surface area is 144 Å². The molecule has 3 aromatic carbocycles. The molecule has 3 rings (SSSR count). The van der Waals surface area contributed by atoms with Gasteiger partial charge in [-0.15, -0.1) is 0 Å². The quantitative estimate of drug-likeness (QED) is 0.718. The minimum Gasteiger partial charge on any atom is -0.273 e. The summed E-state index contributed by atoms with van der Waals surface area (Å²) in [5, 5.41) is 2.65. The Balaban J connectivity index is 1.63. The predicted octanol–water partition coefficient (Wildman–Crippen LogP) is 3.50. The van der Waals surface area contributed by atoms with Crippen molar-refractivity contribution in [2.75, 3.05) is 0 Å². The molecule has 0 aliphatic heterocycles. The van der Waals surface area contributed by atoms with E-state index in [9.17, 15) is 9.59 Å². The fraction of sp³-hybridized carbons (Fsp3) is 0.0526. The average molecular weight is 339 g/mol. The molecule has 120 valence electrons. The highest BCUT2D eigenvalue weighted by atomic mass is 35.5. The van der Waals surface area contributed by atoms with Gasteiger partial charge in [0.15, 0.2) is 0 Å². The lowest BCUT2D eigenvalue weighted by molar-refractivity contribution is -0.121. The first kappa shape index (κ1) is 16.0. The van der Waals surface area contributed by atoms with Gasteiger partial charge >= 0.3 is 0 Å². The van der Waals surface area contributed by atoms with Crippen molar-refractivity contribution in [2.24, 2.45) is 0 Å². The van der Waals surface area contributed by atoms with Crippen LogP contribution >= 0.6 is 11.6 Å². The molecule has 0 aromatic heterocycles. The summed E-state index contributed by atoms with van der Waals surface area (Å²) in [5.74, 6) is -0.674. The van der Waals surface area contributed by atoms with Crippen molar-refractivity contribution in [3.8, 4) is 0 Å². The van der Waals surface area contributed by atoms with E-state index in [2.05, 4.69) is 10.9 Å². The van der Waals surface area contributed by atoms with Crippen LogP contribution < -0.4 is 10.9 Å². The van der Waals surface area contributed by atoms with E-state index >= 15 is 0 Å². The molecular formula is C19H15ClN2O2. The first-order valence-electron chi connectivity index (χ1n) is 7.45. The monoisotopic (exact) mass is 338 g/mol. The molecule has 0 saturated heterocycles. The fourth-order valence-electron chi connectivity index (χ4n) is 2.46. The van der Waals surface area contributed by atoms with E-state index in [0.717, 1.165) is 16.3 Å². The van der Waals surface area contributed by atoms with Gasteiger partial charge in [0, 0.05) is 10.6 Å². The maximum atomic E-state index is 12.1. The highest BCUT2D eigenvalue weighted by Crippen LogP contribution is 2.18. The molecule has 0 aliphatic carbocycles. The Morgan fingerprint density at radius 3 is 2.33 bits per heavy atom. The molecule has 3 aromatic rings. The normalized spacial score (nSPS) is 10.4. The Morgan fingerprint density at radius 2 is 1.54 bits per heavy atom. The SMILES string of the molecule is O=C(Cc1cccc2ccccc12)NNC(=O)c1ccc(Cl)cc1. The van der Waals surface area contributed by atoms with Crippen LogP contribution in [-0.2, 0) is 11.2 Å². The molecule has 0 unspecified atom stereocenters. The predicted molar refractivity (Wildman–Crippen MR) is 94.7 cm³/mol. The third-order valence-corrected chi connectivity index (χ3v) is 3.90. The van der Waals surface area contributed by atoms with Crippen molar-refractivity contribution in [1.82, 2.24) is 10.9 Å². The fourth-order valence-corrected chi connectivity index (χ4v) is 2.59. The van der Waals surface area contributed by atoms with E-state index in [0.29, 0.717) is 10.6 Å². The number of hydrogen-bond acceptors (Lipinski definition) is 2. The van der Waals surface area contributed by atoms with Crippen molar-refractivity contribution in [2.45, 2.75) is 6.42 Å². The minimum absolute atomic E-state index is 0.183. The molecule has 0 fully saturated rings. The number of nitrogens with one attached hydrogen (secondary N) is 2. The van der Waals surface area contributed by atoms with Crippen LogP contribution in [0.2, 0.25) is 5.02 Å². The van der Waals surface area contributed by atoms with Crippen LogP contribution in [0.25, 0.3) is 10.8 Å². The summed E-state index contributed by atoms with van der Waals surface area (Å²) in [6.07, 6.45) is 0.183. The molecule has 0 radical (unpaired) electrons. The number of amides is 2. The lowest BCUT2D eigenvalue weighted by atomic mass is 10.0. The molecule has 2 amide bonds. The van der Waals surface area contributed by atoms with E-state index in [1.54, 1.807) is 24.3 Å². The lowest BCUT2D eigenvalue weighted by Gasteiger charge is -2.09. The van der Waals surface area contributed by atoms with Crippen LogP contribution in [0, 0.1) is 0 Å². The van der Waals surface area contributed by atoms with E-state index < -0.39 is 5.91 Å². The highest BCUT2D eigenvalue weighted by molar-refractivity contribution is 6.30. The van der Waals surface area contributed by atoms with Crippen LogP contribution in [0.3, 0.4) is 0 Å². The third kappa shape index (κ3) is 3.73. The summed E-state index contributed by atoms with van der Waals surface area (Å²) < 4.78 is 0. The summed E-state index contributed by atoms with van der Waals surface area (Å²) >= 11 is 5.78. The number of carbonyl (C=O) groups excluding carboxylic acids is 2. The second-order valence-corrected chi connectivity index (χ2v) is 5.76. The molecule has 24 heavy (non-hydrogen) atoms. The highest BCUT2D eigenvalue weighted by Gasteiger charge is 2.09. The maximum Gasteiger partial charge on any atom is 0.269 e. The van der Waals surface area contributed by atoms with Gasteiger partial charge in [0.05, 0.1) is 6.42 Å². The van der Waals surface area contributed by atoms with Crippen LogP contribution in [0.15, 0.2) is 66.7 Å². The smallest absolute Gasteiger partial charge is 0.269 e. The van der Waals surface area contributed by atoms with Crippen LogP contribution in [0.1, 0.15) is 15.9 Å². The van der Waals surface area contributed by atoms with Gasteiger partial charge in [-0.2, -0.15) is 0 Å². The minimum atomic E-state index is -0.391. The second-order valence-electron chi connectivity index (χ2n) is 5.32. The zero-order valence-electron chi connectivity index (χ0n) is 12.8. The molecule has 0 saturated carbocycles. The molecule has 0 atom stereocenters. The first-order valence-corrected chi connectivity index (χ1v) is 7.83. The van der Waals surface area contributed by atoms with Crippen molar-refractivity contribution >= 4 is 34.2 Å². The molecule has 0 bridgehead atoms.